The van der Waals surface area contributed by atoms with Gasteiger partial charge in [-0.05, 0) is 12.0 Å². The van der Waals surface area contributed by atoms with Gasteiger partial charge in [-0.15, -0.1) is 0 Å². The molecule has 1 aliphatic rings. The molecule has 2 atom stereocenters. The Morgan fingerprint density at radius 1 is 1.27 bits per heavy atom. The molecule has 0 spiro atoms. The molecule has 1 aromatic carbocycles. The van der Waals surface area contributed by atoms with Gasteiger partial charge < -0.3 is 5.11 Å². The van der Waals surface area contributed by atoms with E-state index >= 15 is 0 Å². The number of non-ortho nitro benzene ring substituents is 1. The number of carboxylic acids is 1. The number of sulfonamides is 1. The first-order chi connectivity index (χ1) is 11.9. The molecular formula is C14H15F3N2O6S. The third kappa shape index (κ3) is 4.49. The average Bonchev–Trinajstić information content (AvgIpc) is 3.00. The molecule has 1 heterocycles. The Kier molecular flexibility index (Phi) is 5.56. The lowest BCUT2D eigenvalue weighted by Crippen LogP contribution is -2.34. The van der Waals surface area contributed by atoms with Crippen molar-refractivity contribution in [2.75, 3.05) is 18.8 Å². The lowest BCUT2D eigenvalue weighted by atomic mass is 9.96. The number of hydrogen-bond acceptors (Lipinski definition) is 5. The van der Waals surface area contributed by atoms with Crippen LogP contribution in [0.2, 0.25) is 0 Å². The summed E-state index contributed by atoms with van der Waals surface area (Å²) in [5.41, 5.74) is 0.286. The summed E-state index contributed by atoms with van der Waals surface area (Å²) < 4.78 is 63.9. The second kappa shape index (κ2) is 7.19. The first-order valence-electron chi connectivity index (χ1n) is 7.42. The summed E-state index contributed by atoms with van der Waals surface area (Å²) in [4.78, 5) is 21.0. The first kappa shape index (κ1) is 20.1. The lowest BCUT2D eigenvalue weighted by molar-refractivity contribution is -0.384. The molecule has 1 fully saturated rings. The van der Waals surface area contributed by atoms with E-state index in [2.05, 4.69) is 0 Å². The van der Waals surface area contributed by atoms with Gasteiger partial charge in [-0.1, -0.05) is 12.1 Å². The molecule has 12 heteroatoms. The summed E-state index contributed by atoms with van der Waals surface area (Å²) >= 11 is 0. The summed E-state index contributed by atoms with van der Waals surface area (Å²) in [7, 11) is -4.11. The molecule has 1 N–H and O–H groups in total. The number of aliphatic carboxylic acids is 1. The van der Waals surface area contributed by atoms with Gasteiger partial charge in [0, 0.05) is 25.2 Å². The van der Waals surface area contributed by atoms with Crippen molar-refractivity contribution in [1.82, 2.24) is 4.31 Å². The molecule has 8 nitrogen and oxygen atoms in total. The Bertz CT molecular complexity index is 794. The third-order valence-electron chi connectivity index (χ3n) is 4.21. The highest BCUT2D eigenvalue weighted by atomic mass is 32.2. The third-order valence-corrected chi connectivity index (χ3v) is 6.02. The van der Waals surface area contributed by atoms with Gasteiger partial charge in [0.15, 0.2) is 0 Å². The molecule has 0 amide bonds. The van der Waals surface area contributed by atoms with Gasteiger partial charge in [-0.25, -0.2) is 12.7 Å². The molecule has 144 valence electrons. The highest BCUT2D eigenvalue weighted by molar-refractivity contribution is 7.89. The minimum Gasteiger partial charge on any atom is -0.481 e. The molecule has 26 heavy (non-hydrogen) atoms. The number of carboxylic acid groups (broad SMARTS) is 1. The molecule has 0 radical (unpaired) electrons. The number of aryl methyl sites for hydroxylation is 1. The molecule has 0 bridgehead atoms. The van der Waals surface area contributed by atoms with E-state index in [1.54, 1.807) is 0 Å². The van der Waals surface area contributed by atoms with Crippen LogP contribution in [-0.4, -0.2) is 53.7 Å². The molecule has 0 aliphatic carbocycles. The number of alkyl halides is 3. The summed E-state index contributed by atoms with van der Waals surface area (Å²) in [6, 6.07) is 5.10. The Morgan fingerprint density at radius 2 is 1.85 bits per heavy atom. The smallest absolute Gasteiger partial charge is 0.393 e. The van der Waals surface area contributed by atoms with E-state index in [4.69, 9.17) is 5.11 Å². The van der Waals surface area contributed by atoms with E-state index in [0.29, 0.717) is 9.87 Å². The molecule has 2 rings (SSSR count). The fraction of sp³-hybridized carbons (Fsp3) is 0.500. The average molecular weight is 396 g/mol. The van der Waals surface area contributed by atoms with Gasteiger partial charge in [0.2, 0.25) is 10.0 Å². The summed E-state index contributed by atoms with van der Waals surface area (Å²) in [5.74, 6) is -6.32. The predicted octanol–water partition coefficient (Wildman–Crippen LogP) is 1.66. The highest BCUT2D eigenvalue weighted by Crippen LogP contribution is 2.38. The number of rotatable bonds is 6. The molecule has 1 saturated heterocycles. The SMILES string of the molecule is O=C(O)[C@@H]1CN(S(=O)(=O)CCc2ccc([N+](=O)[O-])cc2)C[C@H]1C(F)(F)F. The number of halogens is 3. The lowest BCUT2D eigenvalue weighted by Gasteiger charge is -2.18. The maximum atomic E-state index is 12.9. The van der Waals surface area contributed by atoms with Crippen LogP contribution in [0.1, 0.15) is 5.56 Å². The number of nitro groups is 1. The van der Waals surface area contributed by atoms with Crippen molar-refractivity contribution in [1.29, 1.82) is 0 Å². The van der Waals surface area contributed by atoms with Crippen LogP contribution in [0.5, 0.6) is 0 Å². The van der Waals surface area contributed by atoms with Crippen molar-refractivity contribution in [3.05, 3.63) is 39.9 Å². The Morgan fingerprint density at radius 3 is 2.27 bits per heavy atom. The Labute approximate surface area is 146 Å². The van der Waals surface area contributed by atoms with Crippen LogP contribution in [0.3, 0.4) is 0 Å². The van der Waals surface area contributed by atoms with Crippen LogP contribution >= 0.6 is 0 Å². The quantitative estimate of drug-likeness (QED) is 0.577. The largest absolute Gasteiger partial charge is 0.481 e. The van der Waals surface area contributed by atoms with E-state index in [1.165, 1.54) is 24.3 Å². The zero-order valence-electron chi connectivity index (χ0n) is 13.2. The number of nitrogens with zero attached hydrogens (tertiary/aromatic N) is 2. The second-order valence-electron chi connectivity index (χ2n) is 5.90. The fourth-order valence-corrected chi connectivity index (χ4v) is 4.26. The topological polar surface area (TPSA) is 118 Å². The van der Waals surface area contributed by atoms with Crippen molar-refractivity contribution in [3.8, 4) is 0 Å². The number of carbonyl (C=O) groups is 1. The van der Waals surface area contributed by atoms with Gasteiger partial charge in [0.25, 0.3) is 5.69 Å². The van der Waals surface area contributed by atoms with Crippen molar-refractivity contribution in [3.63, 3.8) is 0 Å². The fourth-order valence-electron chi connectivity index (χ4n) is 2.74. The number of nitro benzene ring substituents is 1. The van der Waals surface area contributed by atoms with Gasteiger partial charge >= 0.3 is 12.1 Å². The second-order valence-corrected chi connectivity index (χ2v) is 7.99. The zero-order chi connectivity index (χ0) is 19.7. The van der Waals surface area contributed by atoms with Crippen LogP contribution in [0.25, 0.3) is 0 Å². The minimum absolute atomic E-state index is 0.0642. The van der Waals surface area contributed by atoms with Crippen LogP contribution in [-0.2, 0) is 21.2 Å². The molecule has 1 aliphatic heterocycles. The van der Waals surface area contributed by atoms with E-state index < -0.39 is 57.8 Å². The van der Waals surface area contributed by atoms with E-state index in [0.717, 1.165) is 0 Å². The number of benzene rings is 1. The summed E-state index contributed by atoms with van der Waals surface area (Å²) in [6.07, 6.45) is -4.88. The standard InChI is InChI=1S/C14H15F3N2O6S/c15-14(16,17)12-8-18(7-11(12)13(20)21)26(24,25)6-5-9-1-3-10(4-2-9)19(22)23/h1-4,11-12H,5-8H2,(H,20,21)/t11-,12-/m1/s1. The van der Waals surface area contributed by atoms with Crippen molar-refractivity contribution in [2.45, 2.75) is 12.6 Å². The van der Waals surface area contributed by atoms with Crippen molar-refractivity contribution in [2.24, 2.45) is 11.8 Å². The van der Waals surface area contributed by atoms with Crippen molar-refractivity contribution >= 4 is 21.7 Å². The summed E-state index contributed by atoms with van der Waals surface area (Å²) in [5, 5.41) is 19.5. The van der Waals surface area contributed by atoms with E-state index in [1.807, 2.05) is 0 Å². The Balaban J connectivity index is 2.08. The van der Waals surface area contributed by atoms with Crippen molar-refractivity contribution < 1.29 is 36.4 Å². The maximum Gasteiger partial charge on any atom is 0.393 e. The normalized spacial score (nSPS) is 21.7. The Hall–Kier alpha value is -2.21. The van der Waals surface area contributed by atoms with E-state index in [-0.39, 0.29) is 12.1 Å². The molecule has 0 unspecified atom stereocenters. The number of hydrogen-bond donors (Lipinski definition) is 1. The zero-order valence-corrected chi connectivity index (χ0v) is 14.0. The molecular weight excluding hydrogens is 381 g/mol. The van der Waals surface area contributed by atoms with Crippen LogP contribution in [0.15, 0.2) is 24.3 Å². The van der Waals surface area contributed by atoms with Gasteiger partial charge in [0.1, 0.15) is 0 Å². The highest BCUT2D eigenvalue weighted by Gasteiger charge is 2.54. The molecule has 1 aromatic rings. The first-order valence-corrected chi connectivity index (χ1v) is 9.03. The van der Waals surface area contributed by atoms with Gasteiger partial charge in [-0.3, -0.25) is 14.9 Å². The molecule has 0 saturated carbocycles. The molecule has 0 aromatic heterocycles. The monoisotopic (exact) mass is 396 g/mol. The van der Waals surface area contributed by atoms with Gasteiger partial charge in [-0.2, -0.15) is 13.2 Å². The maximum absolute atomic E-state index is 12.9. The van der Waals surface area contributed by atoms with E-state index in [9.17, 15) is 36.5 Å². The summed E-state index contributed by atoms with van der Waals surface area (Å²) in [6.45, 7) is -1.66. The van der Waals surface area contributed by atoms with Crippen LogP contribution in [0.4, 0.5) is 18.9 Å². The predicted molar refractivity (Wildman–Crippen MR) is 82.8 cm³/mol. The minimum atomic E-state index is -4.81. The van der Waals surface area contributed by atoms with Gasteiger partial charge in [0.05, 0.1) is 22.5 Å². The van der Waals surface area contributed by atoms with Crippen LogP contribution in [0, 0.1) is 22.0 Å². The van der Waals surface area contributed by atoms with Crippen LogP contribution < -0.4 is 0 Å².